The maximum atomic E-state index is 12.0. The van der Waals surface area contributed by atoms with Gasteiger partial charge < -0.3 is 8.85 Å². The SMILES string of the molecule is CC(C)(C)[Si](C)(C)O[C@H]1CC(=O)C[C@H]1O[Si](C)(C)C(C)(C)C. The van der Waals surface area contributed by atoms with Gasteiger partial charge in [0.1, 0.15) is 5.78 Å². The smallest absolute Gasteiger partial charge is 0.192 e. The van der Waals surface area contributed by atoms with E-state index in [0.717, 1.165) is 0 Å². The van der Waals surface area contributed by atoms with Crippen molar-refractivity contribution in [1.29, 1.82) is 0 Å². The van der Waals surface area contributed by atoms with Gasteiger partial charge in [-0.05, 0) is 36.3 Å². The number of carbonyl (C=O) groups is 1. The van der Waals surface area contributed by atoms with Gasteiger partial charge in [-0.2, -0.15) is 0 Å². The molecule has 0 aliphatic heterocycles. The molecule has 0 saturated heterocycles. The molecule has 22 heavy (non-hydrogen) atoms. The molecule has 0 bridgehead atoms. The summed E-state index contributed by atoms with van der Waals surface area (Å²) in [5.41, 5.74) is 0. The van der Waals surface area contributed by atoms with Crippen LogP contribution in [0.15, 0.2) is 0 Å². The van der Waals surface area contributed by atoms with Crippen molar-refractivity contribution in [2.45, 2.75) is 103 Å². The van der Waals surface area contributed by atoms with E-state index in [1.165, 1.54) is 0 Å². The van der Waals surface area contributed by atoms with E-state index in [-0.39, 0.29) is 28.1 Å². The highest BCUT2D eigenvalue weighted by Crippen LogP contribution is 2.42. The number of rotatable bonds is 4. The second kappa shape index (κ2) is 6.15. The van der Waals surface area contributed by atoms with Gasteiger partial charge in [0, 0.05) is 12.8 Å². The van der Waals surface area contributed by atoms with Crippen molar-refractivity contribution in [1.82, 2.24) is 0 Å². The first-order valence-electron chi connectivity index (χ1n) is 8.44. The molecule has 5 heteroatoms. The monoisotopic (exact) mass is 344 g/mol. The summed E-state index contributed by atoms with van der Waals surface area (Å²) < 4.78 is 13.0. The van der Waals surface area contributed by atoms with Gasteiger partial charge in [-0.1, -0.05) is 41.5 Å². The minimum absolute atomic E-state index is 0.0532. The zero-order valence-electron chi connectivity index (χ0n) is 16.3. The fourth-order valence-corrected chi connectivity index (χ4v) is 4.83. The Labute approximate surface area is 139 Å². The van der Waals surface area contributed by atoms with Gasteiger partial charge in [0.25, 0.3) is 0 Å². The Bertz CT molecular complexity index is 379. The zero-order chi connectivity index (χ0) is 17.6. The summed E-state index contributed by atoms with van der Waals surface area (Å²) in [6, 6.07) is 0. The molecule has 1 aliphatic rings. The summed E-state index contributed by atoms with van der Waals surface area (Å²) in [7, 11) is -3.76. The van der Waals surface area contributed by atoms with Crippen LogP contribution in [0.1, 0.15) is 54.4 Å². The van der Waals surface area contributed by atoms with E-state index in [1.807, 2.05) is 0 Å². The van der Waals surface area contributed by atoms with Crippen molar-refractivity contribution in [2.24, 2.45) is 0 Å². The van der Waals surface area contributed by atoms with E-state index < -0.39 is 16.6 Å². The second-order valence-electron chi connectivity index (χ2n) is 9.78. The molecule has 1 rings (SSSR count). The van der Waals surface area contributed by atoms with E-state index in [4.69, 9.17) is 8.85 Å². The standard InChI is InChI=1S/C17H36O3Si2/c1-16(2,3)21(7,8)19-14-11-13(18)12-15(14)20-22(9,10)17(4,5)6/h14-15H,11-12H2,1-10H3/t14-,15+. The lowest BCUT2D eigenvalue weighted by molar-refractivity contribution is -0.118. The molecule has 1 saturated carbocycles. The van der Waals surface area contributed by atoms with E-state index in [1.54, 1.807) is 0 Å². The molecule has 0 N–H and O–H groups in total. The normalized spacial score (nSPS) is 24.9. The van der Waals surface area contributed by atoms with Crippen molar-refractivity contribution in [2.75, 3.05) is 0 Å². The molecular formula is C17H36O3Si2. The molecule has 1 aliphatic carbocycles. The zero-order valence-corrected chi connectivity index (χ0v) is 18.3. The third-order valence-corrected chi connectivity index (χ3v) is 14.8. The number of hydrogen-bond acceptors (Lipinski definition) is 3. The second-order valence-corrected chi connectivity index (χ2v) is 19.3. The van der Waals surface area contributed by atoms with Crippen LogP contribution in [0, 0.1) is 0 Å². The van der Waals surface area contributed by atoms with E-state index >= 15 is 0 Å². The fraction of sp³-hybridized carbons (Fsp3) is 0.941. The third-order valence-electron chi connectivity index (χ3n) is 5.78. The predicted octanol–water partition coefficient (Wildman–Crippen LogP) is 5.13. The Hall–Kier alpha value is 0.0238. The topological polar surface area (TPSA) is 35.5 Å². The highest BCUT2D eigenvalue weighted by molar-refractivity contribution is 6.74. The first kappa shape index (κ1) is 20.1. The number of Topliss-reactive ketones (excluding diaryl/α,β-unsaturated/α-hetero) is 1. The average Bonchev–Trinajstić information content (AvgIpc) is 2.53. The molecular weight excluding hydrogens is 308 g/mol. The summed E-state index contributed by atoms with van der Waals surface area (Å²) in [6.07, 6.45) is 0.933. The Morgan fingerprint density at radius 1 is 0.773 bits per heavy atom. The fourth-order valence-electron chi connectivity index (χ4n) is 2.14. The molecule has 3 nitrogen and oxygen atoms in total. The van der Waals surface area contributed by atoms with Crippen LogP contribution in [-0.2, 0) is 13.6 Å². The summed E-state index contributed by atoms with van der Waals surface area (Å²) in [5.74, 6) is 0.285. The van der Waals surface area contributed by atoms with Crippen LogP contribution in [0.3, 0.4) is 0 Å². The first-order valence-corrected chi connectivity index (χ1v) is 14.3. The maximum absolute atomic E-state index is 12.0. The van der Waals surface area contributed by atoms with Crippen LogP contribution in [-0.4, -0.2) is 34.6 Å². The quantitative estimate of drug-likeness (QED) is 0.663. The minimum Gasteiger partial charge on any atom is -0.411 e. The molecule has 130 valence electrons. The molecule has 0 aromatic heterocycles. The van der Waals surface area contributed by atoms with Crippen LogP contribution in [0.5, 0.6) is 0 Å². The summed E-state index contributed by atoms with van der Waals surface area (Å²) >= 11 is 0. The van der Waals surface area contributed by atoms with Gasteiger partial charge in [0.2, 0.25) is 0 Å². The summed E-state index contributed by atoms with van der Waals surface area (Å²) in [5, 5.41) is 0.306. The molecule has 0 amide bonds. The van der Waals surface area contributed by atoms with E-state index in [2.05, 4.69) is 67.7 Å². The number of carbonyl (C=O) groups excluding carboxylic acids is 1. The molecule has 0 heterocycles. The lowest BCUT2D eigenvalue weighted by Gasteiger charge is -2.43. The van der Waals surface area contributed by atoms with Crippen molar-refractivity contribution in [3.63, 3.8) is 0 Å². The van der Waals surface area contributed by atoms with Crippen molar-refractivity contribution in [3.05, 3.63) is 0 Å². The van der Waals surface area contributed by atoms with E-state index in [0.29, 0.717) is 12.8 Å². The summed E-state index contributed by atoms with van der Waals surface area (Å²) in [6.45, 7) is 22.4. The Kier molecular flexibility index (Phi) is 5.61. The van der Waals surface area contributed by atoms with Crippen molar-refractivity contribution in [3.8, 4) is 0 Å². The van der Waals surface area contributed by atoms with Gasteiger partial charge in [-0.15, -0.1) is 0 Å². The highest BCUT2D eigenvalue weighted by Gasteiger charge is 2.47. The molecule has 0 aromatic carbocycles. The highest BCUT2D eigenvalue weighted by atomic mass is 28.4. The van der Waals surface area contributed by atoms with Crippen LogP contribution in [0.4, 0.5) is 0 Å². The number of ketones is 1. The number of hydrogen-bond donors (Lipinski definition) is 0. The van der Waals surface area contributed by atoms with Crippen LogP contribution in [0.2, 0.25) is 36.3 Å². The van der Waals surface area contributed by atoms with Crippen LogP contribution >= 0.6 is 0 Å². The van der Waals surface area contributed by atoms with E-state index in [9.17, 15) is 4.79 Å². The lowest BCUT2D eigenvalue weighted by Crippen LogP contribution is -2.50. The Morgan fingerprint density at radius 2 is 1.05 bits per heavy atom. The molecule has 0 radical (unpaired) electrons. The molecule has 0 aromatic rings. The van der Waals surface area contributed by atoms with Gasteiger partial charge in [-0.25, -0.2) is 0 Å². The first-order chi connectivity index (χ1) is 9.57. The van der Waals surface area contributed by atoms with Gasteiger partial charge in [0.05, 0.1) is 12.2 Å². The van der Waals surface area contributed by atoms with Crippen molar-refractivity contribution >= 4 is 22.4 Å². The minimum atomic E-state index is -1.88. The average molecular weight is 345 g/mol. The van der Waals surface area contributed by atoms with Gasteiger partial charge in [0.15, 0.2) is 16.6 Å². The predicted molar refractivity (Wildman–Crippen MR) is 98.4 cm³/mol. The molecule has 0 spiro atoms. The van der Waals surface area contributed by atoms with Gasteiger partial charge >= 0.3 is 0 Å². The summed E-state index contributed by atoms with van der Waals surface area (Å²) in [4.78, 5) is 12.0. The Morgan fingerprint density at radius 3 is 1.27 bits per heavy atom. The van der Waals surface area contributed by atoms with Crippen LogP contribution in [0.25, 0.3) is 0 Å². The third kappa shape index (κ3) is 4.52. The van der Waals surface area contributed by atoms with Crippen LogP contribution < -0.4 is 0 Å². The van der Waals surface area contributed by atoms with Gasteiger partial charge in [-0.3, -0.25) is 4.79 Å². The largest absolute Gasteiger partial charge is 0.411 e. The lowest BCUT2D eigenvalue weighted by atomic mass is 10.2. The molecule has 1 fully saturated rings. The molecule has 0 unspecified atom stereocenters. The molecule has 2 atom stereocenters. The Balaban J connectivity index is 2.89. The van der Waals surface area contributed by atoms with Crippen molar-refractivity contribution < 1.29 is 13.6 Å². The maximum Gasteiger partial charge on any atom is 0.192 e.